The molecule has 0 bridgehead atoms. The second-order valence-corrected chi connectivity index (χ2v) is 4.26. The molecule has 1 aromatic carbocycles. The maximum absolute atomic E-state index is 5.64. The van der Waals surface area contributed by atoms with Crippen LogP contribution in [-0.4, -0.2) is 7.85 Å². The van der Waals surface area contributed by atoms with Crippen LogP contribution in [0.3, 0.4) is 0 Å². The summed E-state index contributed by atoms with van der Waals surface area (Å²) in [6.45, 7) is 2.26. The van der Waals surface area contributed by atoms with Crippen LogP contribution in [0.15, 0.2) is 24.3 Å². The average molecular weight is 200 g/mol. The third-order valence-electron chi connectivity index (χ3n) is 2.80. The summed E-state index contributed by atoms with van der Waals surface area (Å²) >= 11 is 0. The zero-order valence-electron chi connectivity index (χ0n) is 9.84. The highest BCUT2D eigenvalue weighted by Gasteiger charge is 1.93. The minimum atomic E-state index is 0.863. The Morgan fingerprint density at radius 2 is 1.47 bits per heavy atom. The maximum Gasteiger partial charge on any atom is 0.113 e. The zero-order chi connectivity index (χ0) is 10.9. The molecule has 0 saturated heterocycles. The van der Waals surface area contributed by atoms with Crippen LogP contribution in [0.1, 0.15) is 51.0 Å². The number of hydrogen-bond acceptors (Lipinski definition) is 0. The molecule has 0 aliphatic rings. The summed E-state index contributed by atoms with van der Waals surface area (Å²) in [5.74, 6) is 0. The van der Waals surface area contributed by atoms with E-state index in [1.807, 2.05) is 12.1 Å². The number of unbranched alkanes of at least 4 members (excludes halogenated alkanes) is 5. The SMILES string of the molecule is [B]c1ccc(CCCCCCCC)cc1. The minimum absolute atomic E-state index is 0.863. The fraction of sp³-hybridized carbons (Fsp3) is 0.571. The van der Waals surface area contributed by atoms with Gasteiger partial charge in [-0.1, -0.05) is 68.8 Å². The molecule has 1 heteroatoms. The van der Waals surface area contributed by atoms with Crippen molar-refractivity contribution in [2.24, 2.45) is 0 Å². The summed E-state index contributed by atoms with van der Waals surface area (Å²) < 4.78 is 0. The van der Waals surface area contributed by atoms with E-state index < -0.39 is 0 Å². The van der Waals surface area contributed by atoms with E-state index in [9.17, 15) is 0 Å². The second-order valence-electron chi connectivity index (χ2n) is 4.26. The van der Waals surface area contributed by atoms with Gasteiger partial charge in [0.25, 0.3) is 0 Å². The molecule has 0 heterocycles. The molecule has 0 nitrogen and oxygen atoms in total. The van der Waals surface area contributed by atoms with E-state index in [4.69, 9.17) is 7.85 Å². The van der Waals surface area contributed by atoms with Gasteiger partial charge in [-0.25, -0.2) is 0 Å². The van der Waals surface area contributed by atoms with Crippen LogP contribution >= 0.6 is 0 Å². The Hall–Kier alpha value is -0.715. The second kappa shape index (κ2) is 7.56. The van der Waals surface area contributed by atoms with E-state index in [-0.39, 0.29) is 0 Å². The topological polar surface area (TPSA) is 0 Å². The molecule has 0 unspecified atom stereocenters. The first-order valence-corrected chi connectivity index (χ1v) is 6.17. The predicted molar refractivity (Wildman–Crippen MR) is 68.9 cm³/mol. The third-order valence-corrected chi connectivity index (χ3v) is 2.80. The molecule has 0 spiro atoms. The monoisotopic (exact) mass is 200 g/mol. The first-order chi connectivity index (χ1) is 7.33. The van der Waals surface area contributed by atoms with Crippen molar-refractivity contribution in [2.45, 2.75) is 51.9 Å². The van der Waals surface area contributed by atoms with Crippen LogP contribution in [0, 0.1) is 0 Å². The van der Waals surface area contributed by atoms with Crippen molar-refractivity contribution in [2.75, 3.05) is 0 Å². The van der Waals surface area contributed by atoms with Gasteiger partial charge >= 0.3 is 0 Å². The highest BCUT2D eigenvalue weighted by Crippen LogP contribution is 2.08. The number of benzene rings is 1. The van der Waals surface area contributed by atoms with E-state index in [0.717, 1.165) is 5.46 Å². The molecular formula is C14H21B. The van der Waals surface area contributed by atoms with Crippen LogP contribution in [0.4, 0.5) is 0 Å². The summed E-state index contributed by atoms with van der Waals surface area (Å²) in [4.78, 5) is 0. The highest BCUT2D eigenvalue weighted by atomic mass is 14.0. The van der Waals surface area contributed by atoms with Crippen molar-refractivity contribution >= 4 is 13.3 Å². The van der Waals surface area contributed by atoms with Gasteiger partial charge in [0.05, 0.1) is 0 Å². The summed E-state index contributed by atoms with van der Waals surface area (Å²) in [7, 11) is 5.64. The molecule has 0 saturated carbocycles. The van der Waals surface area contributed by atoms with Gasteiger partial charge in [-0.05, 0) is 18.4 Å². The quantitative estimate of drug-likeness (QED) is 0.467. The van der Waals surface area contributed by atoms with Crippen molar-refractivity contribution < 1.29 is 0 Å². The van der Waals surface area contributed by atoms with Gasteiger partial charge in [0.15, 0.2) is 0 Å². The van der Waals surface area contributed by atoms with Crippen molar-refractivity contribution in [3.05, 3.63) is 29.8 Å². The summed E-state index contributed by atoms with van der Waals surface area (Å²) in [5.41, 5.74) is 2.28. The Morgan fingerprint density at radius 3 is 2.13 bits per heavy atom. The van der Waals surface area contributed by atoms with Crippen molar-refractivity contribution in [1.29, 1.82) is 0 Å². The molecule has 15 heavy (non-hydrogen) atoms. The molecule has 0 N–H and O–H groups in total. The predicted octanol–water partition coefficient (Wildman–Crippen LogP) is 3.38. The molecule has 2 radical (unpaired) electrons. The Bertz CT molecular complexity index is 251. The Balaban J connectivity index is 2.07. The van der Waals surface area contributed by atoms with E-state index in [1.54, 1.807) is 0 Å². The highest BCUT2D eigenvalue weighted by molar-refractivity contribution is 6.32. The molecule has 0 aliphatic carbocycles. The fourth-order valence-electron chi connectivity index (χ4n) is 1.79. The zero-order valence-corrected chi connectivity index (χ0v) is 9.84. The van der Waals surface area contributed by atoms with Gasteiger partial charge in [0.2, 0.25) is 0 Å². The lowest BCUT2D eigenvalue weighted by molar-refractivity contribution is 0.607. The summed E-state index contributed by atoms with van der Waals surface area (Å²) in [6.07, 6.45) is 9.39. The largest absolute Gasteiger partial charge is 0.113 e. The molecule has 80 valence electrons. The maximum atomic E-state index is 5.64. The van der Waals surface area contributed by atoms with Gasteiger partial charge in [-0.3, -0.25) is 0 Å². The van der Waals surface area contributed by atoms with Gasteiger partial charge in [-0.15, -0.1) is 0 Å². The molecule has 0 amide bonds. The summed E-state index contributed by atoms with van der Waals surface area (Å²) in [5, 5.41) is 0. The molecule has 0 aromatic heterocycles. The first kappa shape index (κ1) is 12.4. The van der Waals surface area contributed by atoms with E-state index in [0.29, 0.717) is 0 Å². The van der Waals surface area contributed by atoms with Gasteiger partial charge in [0.1, 0.15) is 7.85 Å². The number of rotatable bonds is 7. The Morgan fingerprint density at radius 1 is 0.867 bits per heavy atom. The first-order valence-electron chi connectivity index (χ1n) is 6.17. The fourth-order valence-corrected chi connectivity index (χ4v) is 1.79. The van der Waals surface area contributed by atoms with E-state index in [1.165, 1.54) is 50.5 Å². The van der Waals surface area contributed by atoms with Crippen LogP contribution in [0.2, 0.25) is 0 Å². The van der Waals surface area contributed by atoms with Gasteiger partial charge in [0, 0.05) is 0 Å². The van der Waals surface area contributed by atoms with Crippen molar-refractivity contribution in [3.63, 3.8) is 0 Å². The average Bonchev–Trinajstić information content (AvgIpc) is 2.26. The van der Waals surface area contributed by atoms with Gasteiger partial charge in [-0.2, -0.15) is 0 Å². The van der Waals surface area contributed by atoms with Crippen molar-refractivity contribution in [1.82, 2.24) is 0 Å². The summed E-state index contributed by atoms with van der Waals surface area (Å²) in [6, 6.07) is 8.27. The molecule has 1 rings (SSSR count). The lowest BCUT2D eigenvalue weighted by atomic mass is 9.94. The van der Waals surface area contributed by atoms with Crippen LogP contribution in [-0.2, 0) is 6.42 Å². The van der Waals surface area contributed by atoms with E-state index >= 15 is 0 Å². The molecular weight excluding hydrogens is 179 g/mol. The standard InChI is InChI=1S/C14H21B/c1-2-3-4-5-6-7-8-13-9-11-14(15)12-10-13/h9-12H,2-8H2,1H3. The molecule has 0 fully saturated rings. The van der Waals surface area contributed by atoms with Crippen LogP contribution in [0.5, 0.6) is 0 Å². The molecule has 0 atom stereocenters. The van der Waals surface area contributed by atoms with Gasteiger partial charge < -0.3 is 0 Å². The smallest absolute Gasteiger partial charge is 0.0967 e. The Kier molecular flexibility index (Phi) is 6.23. The normalized spacial score (nSPS) is 10.5. The number of hydrogen-bond donors (Lipinski definition) is 0. The van der Waals surface area contributed by atoms with Crippen LogP contribution < -0.4 is 5.46 Å². The third kappa shape index (κ3) is 5.66. The van der Waals surface area contributed by atoms with E-state index in [2.05, 4.69) is 19.1 Å². The minimum Gasteiger partial charge on any atom is -0.0967 e. The Labute approximate surface area is 95.5 Å². The van der Waals surface area contributed by atoms with Crippen molar-refractivity contribution in [3.8, 4) is 0 Å². The lowest BCUT2D eigenvalue weighted by Gasteiger charge is -2.02. The molecule has 0 aliphatic heterocycles. The molecule has 1 aromatic rings. The lowest BCUT2D eigenvalue weighted by Crippen LogP contribution is -2.00. The van der Waals surface area contributed by atoms with Crippen LogP contribution in [0.25, 0.3) is 0 Å². The number of aryl methyl sites for hydroxylation is 1.